The fourth-order valence-electron chi connectivity index (χ4n) is 3.74. The molecule has 0 saturated carbocycles. The minimum atomic E-state index is 0.0494. The number of hydrogen-bond donors (Lipinski definition) is 0. The number of ether oxygens (including phenoxy) is 1. The van der Waals surface area contributed by atoms with Crippen LogP contribution in [0.3, 0.4) is 0 Å². The van der Waals surface area contributed by atoms with Gasteiger partial charge in [-0.05, 0) is 36.6 Å². The molecule has 1 saturated heterocycles. The quantitative estimate of drug-likeness (QED) is 0.645. The van der Waals surface area contributed by atoms with Crippen LogP contribution in [-0.4, -0.2) is 61.3 Å². The van der Waals surface area contributed by atoms with E-state index in [-0.39, 0.29) is 24.5 Å². The van der Waals surface area contributed by atoms with Gasteiger partial charge in [0.1, 0.15) is 5.75 Å². The van der Waals surface area contributed by atoms with E-state index >= 15 is 0 Å². The van der Waals surface area contributed by atoms with Gasteiger partial charge in [0.2, 0.25) is 5.91 Å². The van der Waals surface area contributed by atoms with Crippen molar-refractivity contribution >= 4 is 11.7 Å². The van der Waals surface area contributed by atoms with E-state index in [1.165, 1.54) is 5.56 Å². The van der Waals surface area contributed by atoms with E-state index in [9.17, 15) is 9.59 Å². The first kappa shape index (κ1) is 21.1. The van der Waals surface area contributed by atoms with Crippen LogP contribution in [0.1, 0.15) is 34.3 Å². The van der Waals surface area contributed by atoms with E-state index in [4.69, 9.17) is 4.74 Å². The van der Waals surface area contributed by atoms with Crippen molar-refractivity contribution in [3.05, 3.63) is 65.2 Å². The average molecular weight is 395 g/mol. The monoisotopic (exact) mass is 394 g/mol. The average Bonchev–Trinajstić information content (AvgIpc) is 2.76. The highest BCUT2D eigenvalue weighted by molar-refractivity contribution is 5.99. The predicted molar refractivity (Wildman–Crippen MR) is 114 cm³/mol. The molecule has 1 amide bonds. The molecule has 5 heteroatoms. The van der Waals surface area contributed by atoms with Gasteiger partial charge in [0.05, 0.1) is 7.11 Å². The van der Waals surface area contributed by atoms with E-state index in [1.807, 2.05) is 48.2 Å². The number of benzene rings is 2. The molecule has 1 aliphatic heterocycles. The number of amides is 1. The molecule has 0 spiro atoms. The second kappa shape index (κ2) is 10.2. The summed E-state index contributed by atoms with van der Waals surface area (Å²) in [6.45, 7) is 6.12. The van der Waals surface area contributed by atoms with Gasteiger partial charge in [-0.15, -0.1) is 0 Å². The van der Waals surface area contributed by atoms with E-state index < -0.39 is 0 Å². The van der Waals surface area contributed by atoms with Crippen LogP contribution in [-0.2, 0) is 11.2 Å². The highest BCUT2D eigenvalue weighted by atomic mass is 16.5. The van der Waals surface area contributed by atoms with Crippen molar-refractivity contribution in [2.45, 2.75) is 26.2 Å². The second-order valence-corrected chi connectivity index (χ2v) is 7.56. The lowest BCUT2D eigenvalue weighted by atomic mass is 10.0. The Morgan fingerprint density at radius 3 is 2.45 bits per heavy atom. The maximum Gasteiger partial charge on any atom is 0.223 e. The Bertz CT molecular complexity index is 842. The van der Waals surface area contributed by atoms with E-state index in [1.54, 1.807) is 7.11 Å². The number of hydrogen-bond acceptors (Lipinski definition) is 4. The van der Waals surface area contributed by atoms with E-state index in [2.05, 4.69) is 17.0 Å². The molecule has 0 unspecified atom stereocenters. The number of piperazine rings is 1. The summed E-state index contributed by atoms with van der Waals surface area (Å²) >= 11 is 0. The molecule has 1 heterocycles. The van der Waals surface area contributed by atoms with Crippen LogP contribution in [0.4, 0.5) is 0 Å². The molecule has 0 aromatic heterocycles. The first-order valence-electron chi connectivity index (χ1n) is 10.3. The summed E-state index contributed by atoms with van der Waals surface area (Å²) in [6, 6.07) is 15.7. The molecule has 0 atom stereocenters. The van der Waals surface area contributed by atoms with Crippen LogP contribution in [0, 0.1) is 6.92 Å². The fourth-order valence-corrected chi connectivity index (χ4v) is 3.74. The summed E-state index contributed by atoms with van der Waals surface area (Å²) in [6.07, 6.45) is 1.53. The number of carbonyl (C=O) groups excluding carboxylic acids is 2. The second-order valence-electron chi connectivity index (χ2n) is 7.56. The zero-order chi connectivity index (χ0) is 20.6. The number of carbonyl (C=O) groups is 2. The molecule has 5 nitrogen and oxygen atoms in total. The molecule has 2 aromatic carbocycles. The summed E-state index contributed by atoms with van der Waals surface area (Å²) in [5.41, 5.74) is 2.95. The molecular formula is C24H30N2O3. The SMILES string of the molecule is COc1cccc(CCN2CCN(C(=O)CCC(=O)c3ccccc3C)CC2)c1. The van der Waals surface area contributed by atoms with Gasteiger partial charge in [0, 0.05) is 51.1 Å². The highest BCUT2D eigenvalue weighted by Gasteiger charge is 2.21. The lowest BCUT2D eigenvalue weighted by molar-refractivity contribution is -0.132. The molecule has 0 radical (unpaired) electrons. The topological polar surface area (TPSA) is 49.9 Å². The molecule has 2 aromatic rings. The molecule has 1 aliphatic rings. The van der Waals surface area contributed by atoms with Gasteiger partial charge in [-0.2, -0.15) is 0 Å². The summed E-state index contributed by atoms with van der Waals surface area (Å²) in [4.78, 5) is 29.2. The number of rotatable bonds is 8. The van der Waals surface area contributed by atoms with Crippen molar-refractivity contribution in [3.63, 3.8) is 0 Å². The number of methoxy groups -OCH3 is 1. The molecule has 29 heavy (non-hydrogen) atoms. The molecular weight excluding hydrogens is 364 g/mol. The van der Waals surface area contributed by atoms with Crippen molar-refractivity contribution in [3.8, 4) is 5.75 Å². The number of nitrogens with zero attached hydrogens (tertiary/aromatic N) is 2. The van der Waals surface area contributed by atoms with Gasteiger partial charge in [-0.1, -0.05) is 36.4 Å². The zero-order valence-corrected chi connectivity index (χ0v) is 17.4. The zero-order valence-electron chi connectivity index (χ0n) is 17.4. The third kappa shape index (κ3) is 5.91. The number of aryl methyl sites for hydroxylation is 1. The Balaban J connectivity index is 1.40. The summed E-state index contributed by atoms with van der Waals surface area (Å²) in [5, 5.41) is 0. The number of Topliss-reactive ketones (excluding diaryl/α,β-unsaturated/α-hetero) is 1. The van der Waals surface area contributed by atoms with Crippen molar-refractivity contribution < 1.29 is 14.3 Å². The van der Waals surface area contributed by atoms with Crippen molar-refractivity contribution in [1.29, 1.82) is 0 Å². The Kier molecular flexibility index (Phi) is 7.42. The Morgan fingerprint density at radius 1 is 0.966 bits per heavy atom. The van der Waals surface area contributed by atoms with Gasteiger partial charge < -0.3 is 9.64 Å². The van der Waals surface area contributed by atoms with Gasteiger partial charge in [-0.3, -0.25) is 14.5 Å². The normalized spacial score (nSPS) is 14.6. The Hall–Kier alpha value is -2.66. The standard InChI is InChI=1S/C24H30N2O3/c1-19-6-3-4-9-22(19)23(27)10-11-24(28)26-16-14-25(15-17-26)13-12-20-7-5-8-21(18-20)29-2/h3-9,18H,10-17H2,1-2H3. The molecule has 154 valence electrons. The lowest BCUT2D eigenvalue weighted by Gasteiger charge is -2.34. The molecule has 0 aliphatic carbocycles. The Labute approximate surface area is 173 Å². The minimum Gasteiger partial charge on any atom is -0.497 e. The van der Waals surface area contributed by atoms with Crippen LogP contribution in [0.5, 0.6) is 5.75 Å². The number of ketones is 1. The largest absolute Gasteiger partial charge is 0.497 e. The fraction of sp³-hybridized carbons (Fsp3) is 0.417. The molecule has 3 rings (SSSR count). The smallest absolute Gasteiger partial charge is 0.223 e. The molecule has 0 bridgehead atoms. The maximum atomic E-state index is 12.5. The molecule has 1 fully saturated rings. The van der Waals surface area contributed by atoms with Crippen LogP contribution in [0.25, 0.3) is 0 Å². The lowest BCUT2D eigenvalue weighted by Crippen LogP contribution is -2.49. The van der Waals surface area contributed by atoms with Crippen LogP contribution in [0.15, 0.2) is 48.5 Å². The summed E-state index contributed by atoms with van der Waals surface area (Å²) in [7, 11) is 1.68. The van der Waals surface area contributed by atoms with Gasteiger partial charge in [0.25, 0.3) is 0 Å². The predicted octanol–water partition coefficient (Wildman–Crippen LogP) is 3.35. The van der Waals surface area contributed by atoms with Crippen LogP contribution >= 0.6 is 0 Å². The Morgan fingerprint density at radius 2 is 1.72 bits per heavy atom. The highest BCUT2D eigenvalue weighted by Crippen LogP contribution is 2.15. The van der Waals surface area contributed by atoms with Gasteiger partial charge in [-0.25, -0.2) is 0 Å². The van der Waals surface area contributed by atoms with Crippen molar-refractivity contribution in [2.75, 3.05) is 39.8 Å². The molecule has 0 N–H and O–H groups in total. The summed E-state index contributed by atoms with van der Waals surface area (Å²) in [5.74, 6) is 1.02. The first-order chi connectivity index (χ1) is 14.1. The third-order valence-electron chi connectivity index (χ3n) is 5.59. The van der Waals surface area contributed by atoms with Crippen LogP contribution < -0.4 is 4.74 Å². The van der Waals surface area contributed by atoms with Crippen molar-refractivity contribution in [2.24, 2.45) is 0 Å². The summed E-state index contributed by atoms with van der Waals surface area (Å²) < 4.78 is 5.28. The van der Waals surface area contributed by atoms with Crippen molar-refractivity contribution in [1.82, 2.24) is 9.80 Å². The van der Waals surface area contributed by atoms with Crippen LogP contribution in [0.2, 0.25) is 0 Å². The first-order valence-corrected chi connectivity index (χ1v) is 10.3. The minimum absolute atomic E-state index is 0.0494. The third-order valence-corrected chi connectivity index (χ3v) is 5.59. The van der Waals surface area contributed by atoms with E-state index in [0.717, 1.165) is 56.0 Å². The van der Waals surface area contributed by atoms with Gasteiger partial charge >= 0.3 is 0 Å². The van der Waals surface area contributed by atoms with E-state index in [0.29, 0.717) is 0 Å². The maximum absolute atomic E-state index is 12.5. The van der Waals surface area contributed by atoms with Gasteiger partial charge in [0.15, 0.2) is 5.78 Å².